The van der Waals surface area contributed by atoms with E-state index in [-0.39, 0.29) is 17.0 Å². The first kappa shape index (κ1) is 12.0. The molecular weight excluding hydrogens is 248 g/mol. The molecule has 0 saturated heterocycles. The van der Waals surface area contributed by atoms with Gasteiger partial charge in [-0.25, -0.2) is 13.6 Å². The second-order valence-electron chi connectivity index (χ2n) is 3.35. The first-order chi connectivity index (χ1) is 8.52. The van der Waals surface area contributed by atoms with Gasteiger partial charge in [0.15, 0.2) is 11.6 Å². The van der Waals surface area contributed by atoms with E-state index in [4.69, 9.17) is 9.84 Å². The molecule has 5 nitrogen and oxygen atoms in total. The maximum absolute atomic E-state index is 13.4. The summed E-state index contributed by atoms with van der Waals surface area (Å²) in [4.78, 5) is 10.6. The summed E-state index contributed by atoms with van der Waals surface area (Å²) in [6.45, 7) is 0. The first-order valence-electron chi connectivity index (χ1n) is 4.76. The van der Waals surface area contributed by atoms with Gasteiger partial charge in [-0.3, -0.25) is 0 Å². The van der Waals surface area contributed by atoms with Crippen molar-refractivity contribution in [2.24, 2.45) is 0 Å². The van der Waals surface area contributed by atoms with E-state index in [2.05, 4.69) is 9.68 Å². The Morgan fingerprint density at radius 1 is 1.39 bits per heavy atom. The van der Waals surface area contributed by atoms with Crippen LogP contribution < -0.4 is 4.74 Å². The quantitative estimate of drug-likeness (QED) is 0.911. The largest absolute Gasteiger partial charge is 0.493 e. The molecule has 18 heavy (non-hydrogen) atoms. The third kappa shape index (κ3) is 2.02. The van der Waals surface area contributed by atoms with Gasteiger partial charge in [0.1, 0.15) is 11.5 Å². The number of carboxylic acids is 1. The van der Waals surface area contributed by atoms with Crippen molar-refractivity contribution in [2.45, 2.75) is 0 Å². The number of halogens is 2. The molecule has 0 unspecified atom stereocenters. The average Bonchev–Trinajstić information content (AvgIpc) is 2.77. The van der Waals surface area contributed by atoms with Gasteiger partial charge in [0, 0.05) is 12.1 Å². The highest BCUT2D eigenvalue weighted by atomic mass is 19.1. The Morgan fingerprint density at radius 2 is 2.11 bits per heavy atom. The number of benzene rings is 1. The number of hydrogen-bond donors (Lipinski definition) is 1. The van der Waals surface area contributed by atoms with Crippen LogP contribution in [0.1, 0.15) is 10.6 Å². The summed E-state index contributed by atoms with van der Waals surface area (Å²) in [5.74, 6) is -3.74. The fourth-order valence-electron chi connectivity index (χ4n) is 1.46. The summed E-state index contributed by atoms with van der Waals surface area (Å²) in [6, 6.07) is 2.69. The van der Waals surface area contributed by atoms with Crippen LogP contribution in [0.5, 0.6) is 5.75 Å². The molecule has 0 fully saturated rings. The summed E-state index contributed by atoms with van der Waals surface area (Å²) in [7, 11) is 1.21. The molecule has 1 aromatic carbocycles. The second-order valence-corrected chi connectivity index (χ2v) is 3.35. The van der Waals surface area contributed by atoms with Gasteiger partial charge < -0.3 is 14.4 Å². The van der Waals surface area contributed by atoms with Crippen LogP contribution in [0.4, 0.5) is 8.78 Å². The van der Waals surface area contributed by atoms with E-state index in [1.54, 1.807) is 0 Å². The normalized spacial score (nSPS) is 10.4. The molecule has 1 aromatic heterocycles. The van der Waals surface area contributed by atoms with Gasteiger partial charge in [-0.05, 0) is 6.07 Å². The lowest BCUT2D eigenvalue weighted by Crippen LogP contribution is -1.94. The molecule has 0 aliphatic carbocycles. The van der Waals surface area contributed by atoms with Crippen molar-refractivity contribution >= 4 is 5.97 Å². The number of ether oxygens (including phenoxy) is 1. The van der Waals surface area contributed by atoms with Crippen molar-refractivity contribution in [3.8, 4) is 17.0 Å². The minimum Gasteiger partial charge on any atom is -0.493 e. The Bertz CT molecular complexity index is 609. The van der Waals surface area contributed by atoms with Crippen molar-refractivity contribution in [1.29, 1.82) is 0 Å². The van der Waals surface area contributed by atoms with E-state index in [1.165, 1.54) is 7.11 Å². The van der Waals surface area contributed by atoms with E-state index in [9.17, 15) is 13.6 Å². The molecule has 0 spiro atoms. The van der Waals surface area contributed by atoms with Crippen LogP contribution in [0.15, 0.2) is 22.7 Å². The van der Waals surface area contributed by atoms with E-state index in [1.807, 2.05) is 0 Å². The smallest absolute Gasteiger partial charge is 0.374 e. The standard InChI is InChI=1S/C11H7F2NO4/c1-17-10-6(2-5(12)3-7(10)13)8-4-9(11(15)16)18-14-8/h2-4H,1H3,(H,15,16). The fourth-order valence-corrected chi connectivity index (χ4v) is 1.46. The number of methoxy groups -OCH3 is 1. The summed E-state index contributed by atoms with van der Waals surface area (Å²) in [5, 5.41) is 12.1. The molecule has 1 N–H and O–H groups in total. The Kier molecular flexibility index (Phi) is 2.97. The van der Waals surface area contributed by atoms with Gasteiger partial charge in [-0.1, -0.05) is 5.16 Å². The SMILES string of the molecule is COc1c(F)cc(F)cc1-c1cc(C(=O)O)on1. The summed E-state index contributed by atoms with van der Waals surface area (Å²) in [6.07, 6.45) is 0. The molecule has 0 bridgehead atoms. The van der Waals surface area contributed by atoms with Crippen LogP contribution in [0, 0.1) is 11.6 Å². The second kappa shape index (κ2) is 4.44. The van der Waals surface area contributed by atoms with Gasteiger partial charge in [-0.15, -0.1) is 0 Å². The third-order valence-corrected chi connectivity index (χ3v) is 2.21. The minimum atomic E-state index is -1.33. The molecule has 0 aliphatic rings. The van der Waals surface area contributed by atoms with E-state index >= 15 is 0 Å². The van der Waals surface area contributed by atoms with Crippen LogP contribution in [0.3, 0.4) is 0 Å². The molecule has 0 aliphatic heterocycles. The summed E-state index contributed by atoms with van der Waals surface area (Å²) >= 11 is 0. The minimum absolute atomic E-state index is 0.0220. The van der Waals surface area contributed by atoms with Gasteiger partial charge >= 0.3 is 5.97 Å². The molecule has 0 radical (unpaired) electrons. The monoisotopic (exact) mass is 255 g/mol. The molecule has 2 rings (SSSR count). The maximum Gasteiger partial charge on any atom is 0.374 e. The van der Waals surface area contributed by atoms with E-state index < -0.39 is 23.4 Å². The topological polar surface area (TPSA) is 72.6 Å². The van der Waals surface area contributed by atoms with Gasteiger partial charge in [-0.2, -0.15) is 0 Å². The van der Waals surface area contributed by atoms with Crippen LogP contribution in [-0.2, 0) is 0 Å². The van der Waals surface area contributed by atoms with Crippen LogP contribution in [-0.4, -0.2) is 23.3 Å². The van der Waals surface area contributed by atoms with Gasteiger partial charge in [0.25, 0.3) is 0 Å². The fraction of sp³-hybridized carbons (Fsp3) is 0.0909. The summed E-state index contributed by atoms with van der Waals surface area (Å²) in [5.41, 5.74) is -0.0473. The Hall–Kier alpha value is -2.44. The number of nitrogens with zero attached hydrogens (tertiary/aromatic N) is 1. The predicted octanol–water partition coefficient (Wildman–Crippen LogP) is 2.33. The lowest BCUT2D eigenvalue weighted by Gasteiger charge is -2.06. The lowest BCUT2D eigenvalue weighted by molar-refractivity contribution is 0.0652. The molecular formula is C11H7F2NO4. The Labute approximate surface area is 99.6 Å². The molecule has 1 heterocycles. The predicted molar refractivity (Wildman–Crippen MR) is 55.4 cm³/mol. The number of hydrogen-bond acceptors (Lipinski definition) is 4. The lowest BCUT2D eigenvalue weighted by atomic mass is 10.1. The number of rotatable bonds is 3. The van der Waals surface area contributed by atoms with Crippen molar-refractivity contribution in [3.63, 3.8) is 0 Å². The number of aromatic carboxylic acids is 1. The molecule has 0 saturated carbocycles. The van der Waals surface area contributed by atoms with Crippen molar-refractivity contribution in [1.82, 2.24) is 5.16 Å². The highest BCUT2D eigenvalue weighted by molar-refractivity contribution is 5.86. The zero-order chi connectivity index (χ0) is 13.3. The average molecular weight is 255 g/mol. The first-order valence-corrected chi connectivity index (χ1v) is 4.76. The zero-order valence-corrected chi connectivity index (χ0v) is 9.11. The summed E-state index contributed by atoms with van der Waals surface area (Å²) < 4.78 is 35.8. The van der Waals surface area contributed by atoms with Crippen molar-refractivity contribution in [2.75, 3.05) is 7.11 Å². The maximum atomic E-state index is 13.4. The highest BCUT2D eigenvalue weighted by Gasteiger charge is 2.19. The van der Waals surface area contributed by atoms with E-state index in [0.717, 1.165) is 12.1 Å². The molecule has 2 aromatic rings. The Morgan fingerprint density at radius 3 is 2.67 bits per heavy atom. The molecule has 0 atom stereocenters. The molecule has 94 valence electrons. The van der Waals surface area contributed by atoms with Gasteiger partial charge in [0.2, 0.25) is 5.76 Å². The van der Waals surface area contributed by atoms with Crippen LogP contribution in [0.25, 0.3) is 11.3 Å². The van der Waals surface area contributed by atoms with E-state index in [0.29, 0.717) is 6.07 Å². The van der Waals surface area contributed by atoms with Crippen LogP contribution in [0.2, 0.25) is 0 Å². The Balaban J connectivity index is 2.58. The molecule has 0 amide bonds. The van der Waals surface area contributed by atoms with Crippen molar-refractivity contribution in [3.05, 3.63) is 35.6 Å². The number of carboxylic acid groups (broad SMARTS) is 1. The van der Waals surface area contributed by atoms with Crippen LogP contribution >= 0.6 is 0 Å². The van der Waals surface area contributed by atoms with Crippen molar-refractivity contribution < 1.29 is 27.9 Å². The third-order valence-electron chi connectivity index (χ3n) is 2.21. The van der Waals surface area contributed by atoms with Gasteiger partial charge in [0.05, 0.1) is 12.7 Å². The zero-order valence-electron chi connectivity index (χ0n) is 9.11. The number of aromatic nitrogens is 1. The highest BCUT2D eigenvalue weighted by Crippen LogP contribution is 2.32. The molecule has 7 heteroatoms. The number of carbonyl (C=O) groups is 1.